The first-order valence-electron chi connectivity index (χ1n) is 19.3. The van der Waals surface area contributed by atoms with Crippen molar-refractivity contribution in [3.8, 4) is 0 Å². The average Bonchev–Trinajstić information content (AvgIpc) is 3.44. The molecule has 8 rings (SSSR count). The van der Waals surface area contributed by atoms with Gasteiger partial charge in [-0.2, -0.15) is 0 Å². The van der Waals surface area contributed by atoms with Gasteiger partial charge in [-0.05, 0) is 92.6 Å². The van der Waals surface area contributed by atoms with E-state index >= 15 is 0 Å². The van der Waals surface area contributed by atoms with Gasteiger partial charge in [-0.15, -0.1) is 11.3 Å². The minimum Gasteiger partial charge on any atom is -0.380 e. The molecule has 3 amide bonds. The Labute approximate surface area is 319 Å². The number of hydrogen-bond donors (Lipinski definition) is 3. The van der Waals surface area contributed by atoms with E-state index in [1.165, 1.54) is 29.0 Å². The normalized spacial score (nSPS) is 28.1. The van der Waals surface area contributed by atoms with Crippen LogP contribution < -0.4 is 5.32 Å². The van der Waals surface area contributed by atoms with Gasteiger partial charge in [0.25, 0.3) is 5.91 Å². The molecule has 4 aliphatic heterocycles. The standard InChI is InChI=1S/C40H50FN4O7PS/c1-3-43(22-39(2)23-52-24-39)29-10-12-31(42-36(46)34-18-27-17-26(9-14-33(27)54-34)35(41)53(49,50)51)37(47)45-30(19-29)11-13-32(45)38(48)44-21-28(20-40(44)15-16-40)25-7-5-4-6-8-25/h4-9,14,17-18,28-32,35H,3,10-13,15-16,19-24H2,1-2H3,(H,42,46)(H2,49,50,51)/t28-,29+,30-,31+,32+,35-/m1/s1. The first-order valence-corrected chi connectivity index (χ1v) is 21.8. The molecule has 3 aromatic rings. The summed E-state index contributed by atoms with van der Waals surface area (Å²) in [5.74, 6) is -2.86. The van der Waals surface area contributed by atoms with Gasteiger partial charge >= 0.3 is 7.60 Å². The number of likely N-dealkylation sites (tertiary alicyclic amines) is 1. The Balaban J connectivity index is 1.06. The Bertz CT molecular complexity index is 1970. The summed E-state index contributed by atoms with van der Waals surface area (Å²) in [6, 6.07) is 14.7. The molecule has 4 saturated heterocycles. The van der Waals surface area contributed by atoms with Crippen molar-refractivity contribution in [2.24, 2.45) is 5.41 Å². The van der Waals surface area contributed by atoms with E-state index in [1.54, 1.807) is 12.1 Å². The number of carbonyl (C=O) groups excluding carboxylic acids is 3. The highest BCUT2D eigenvalue weighted by Gasteiger charge is 2.58. The van der Waals surface area contributed by atoms with E-state index in [0.717, 1.165) is 45.2 Å². The van der Waals surface area contributed by atoms with Crippen molar-refractivity contribution in [1.82, 2.24) is 20.0 Å². The molecule has 5 heterocycles. The number of ether oxygens (including phenoxy) is 1. The van der Waals surface area contributed by atoms with Gasteiger partial charge < -0.3 is 29.6 Å². The number of thiophene rings is 1. The molecule has 6 atom stereocenters. The van der Waals surface area contributed by atoms with E-state index in [9.17, 15) is 33.1 Å². The molecule has 290 valence electrons. The number of fused-ring (bicyclic) bond motifs is 2. The Morgan fingerprint density at radius 1 is 1.09 bits per heavy atom. The maximum Gasteiger partial charge on any atom is 0.363 e. The smallest absolute Gasteiger partial charge is 0.363 e. The zero-order valence-electron chi connectivity index (χ0n) is 30.9. The van der Waals surface area contributed by atoms with Crippen LogP contribution in [0.3, 0.4) is 0 Å². The molecule has 11 nitrogen and oxygen atoms in total. The van der Waals surface area contributed by atoms with Crippen LogP contribution in [-0.4, -0.2) is 105 Å². The molecule has 0 radical (unpaired) electrons. The molecule has 54 heavy (non-hydrogen) atoms. The third-order valence-electron chi connectivity index (χ3n) is 12.7. The van der Waals surface area contributed by atoms with Crippen LogP contribution in [-0.2, 0) is 18.9 Å². The average molecular weight is 781 g/mol. The minimum absolute atomic E-state index is 0.0252. The van der Waals surface area contributed by atoms with Gasteiger partial charge in [0.05, 0.1) is 18.1 Å². The highest BCUT2D eigenvalue weighted by Crippen LogP contribution is 2.55. The number of rotatable bonds is 10. The van der Waals surface area contributed by atoms with Crippen molar-refractivity contribution in [2.45, 2.75) is 107 Å². The molecule has 2 aromatic carbocycles. The zero-order chi connectivity index (χ0) is 38.0. The van der Waals surface area contributed by atoms with Crippen molar-refractivity contribution in [3.05, 3.63) is 70.6 Å². The highest BCUT2D eigenvalue weighted by atomic mass is 32.1. The SMILES string of the molecule is CCN(CC1(C)COC1)[C@H]1CC[C@H](NC(=O)c2cc3cc([C@H](F)P(=O)(O)O)ccc3s2)C(=O)N2[C@H](CC[C@H]2C(=O)N2C[C@H](c3ccccc3)CC23CC3)C1. The lowest BCUT2D eigenvalue weighted by molar-refractivity contribution is -0.149. The Morgan fingerprint density at radius 2 is 1.85 bits per heavy atom. The van der Waals surface area contributed by atoms with Gasteiger partial charge in [0.1, 0.15) is 12.1 Å². The summed E-state index contributed by atoms with van der Waals surface area (Å²) in [5.41, 5.74) is 0.992. The fourth-order valence-corrected chi connectivity index (χ4v) is 11.1. The van der Waals surface area contributed by atoms with Crippen LogP contribution >= 0.6 is 18.9 Å². The van der Waals surface area contributed by atoms with Crippen molar-refractivity contribution >= 4 is 46.7 Å². The van der Waals surface area contributed by atoms with Gasteiger partial charge in [-0.1, -0.05) is 50.2 Å². The number of nitrogens with one attached hydrogen (secondary N) is 1. The predicted molar refractivity (Wildman–Crippen MR) is 204 cm³/mol. The van der Waals surface area contributed by atoms with Crippen molar-refractivity contribution in [3.63, 3.8) is 0 Å². The summed E-state index contributed by atoms with van der Waals surface area (Å²) in [5, 5.41) is 3.52. The van der Waals surface area contributed by atoms with Gasteiger partial charge in [0.15, 0.2) is 0 Å². The molecule has 5 aliphatic rings. The quantitative estimate of drug-likeness (QED) is 0.214. The van der Waals surface area contributed by atoms with E-state index in [1.807, 2.05) is 23.1 Å². The number of nitrogens with zero attached hydrogens (tertiary/aromatic N) is 3. The predicted octanol–water partition coefficient (Wildman–Crippen LogP) is 5.96. The summed E-state index contributed by atoms with van der Waals surface area (Å²) >= 11 is 1.17. The second kappa shape index (κ2) is 14.4. The van der Waals surface area contributed by atoms with Gasteiger partial charge in [0.2, 0.25) is 17.7 Å². The molecular weight excluding hydrogens is 730 g/mol. The molecule has 1 spiro atoms. The van der Waals surface area contributed by atoms with E-state index in [0.29, 0.717) is 54.0 Å². The van der Waals surface area contributed by atoms with Crippen LogP contribution in [0.4, 0.5) is 4.39 Å². The number of amides is 3. The van der Waals surface area contributed by atoms with Crippen molar-refractivity contribution < 1.29 is 37.9 Å². The van der Waals surface area contributed by atoms with Crippen LogP contribution in [0.25, 0.3) is 10.1 Å². The molecule has 3 N–H and O–H groups in total. The maximum atomic E-state index is 14.8. The summed E-state index contributed by atoms with van der Waals surface area (Å²) in [4.78, 5) is 68.9. The fourth-order valence-electron chi connectivity index (χ4n) is 9.64. The van der Waals surface area contributed by atoms with Crippen molar-refractivity contribution in [1.29, 1.82) is 0 Å². The van der Waals surface area contributed by atoms with E-state index in [2.05, 4.69) is 41.1 Å². The summed E-state index contributed by atoms with van der Waals surface area (Å²) in [7, 11) is -5.00. The lowest BCUT2D eigenvalue weighted by Crippen LogP contribution is -2.59. The molecule has 1 aromatic heterocycles. The van der Waals surface area contributed by atoms with E-state index in [4.69, 9.17) is 4.74 Å². The number of halogens is 1. The number of alkyl halides is 1. The molecule has 0 unspecified atom stereocenters. The second-order valence-electron chi connectivity index (χ2n) is 16.7. The van der Waals surface area contributed by atoms with Crippen LogP contribution in [0.1, 0.15) is 97.8 Å². The first kappa shape index (κ1) is 37.7. The second-order valence-corrected chi connectivity index (χ2v) is 19.4. The molecule has 1 saturated carbocycles. The topological polar surface area (TPSA) is 140 Å². The van der Waals surface area contributed by atoms with Gasteiger partial charge in [0, 0.05) is 46.7 Å². The van der Waals surface area contributed by atoms with Crippen LogP contribution in [0.15, 0.2) is 54.6 Å². The van der Waals surface area contributed by atoms with Gasteiger partial charge in [-0.25, -0.2) is 4.39 Å². The highest BCUT2D eigenvalue weighted by molar-refractivity contribution is 7.51. The minimum atomic E-state index is -5.00. The summed E-state index contributed by atoms with van der Waals surface area (Å²) in [6.07, 6.45) is 6.08. The number of hydrogen-bond acceptors (Lipinski definition) is 7. The number of carbonyl (C=O) groups is 3. The summed E-state index contributed by atoms with van der Waals surface area (Å²) in [6.45, 7) is 8.18. The van der Waals surface area contributed by atoms with Crippen LogP contribution in [0.2, 0.25) is 0 Å². The molecule has 5 fully saturated rings. The first-order chi connectivity index (χ1) is 25.8. The zero-order valence-corrected chi connectivity index (χ0v) is 32.6. The monoisotopic (exact) mass is 780 g/mol. The van der Waals surface area contributed by atoms with Crippen LogP contribution in [0.5, 0.6) is 0 Å². The molecule has 0 bridgehead atoms. The van der Waals surface area contributed by atoms with Crippen molar-refractivity contribution in [2.75, 3.05) is 32.8 Å². The maximum absolute atomic E-state index is 14.8. The molecule has 1 aliphatic carbocycles. The van der Waals surface area contributed by atoms with Gasteiger partial charge in [-0.3, -0.25) is 23.8 Å². The van der Waals surface area contributed by atoms with E-state index in [-0.39, 0.29) is 46.3 Å². The lowest BCUT2D eigenvalue weighted by Gasteiger charge is -2.46. The Morgan fingerprint density at radius 3 is 2.52 bits per heavy atom. The largest absolute Gasteiger partial charge is 0.380 e. The fraction of sp³-hybridized carbons (Fsp3) is 0.575. The Hall–Kier alpha value is -3.19. The summed E-state index contributed by atoms with van der Waals surface area (Å²) < 4.78 is 32.3. The van der Waals surface area contributed by atoms with E-state index < -0.39 is 31.5 Å². The molecular formula is C40H50FN4O7PS. The third kappa shape index (κ3) is 7.16. The number of benzene rings is 2. The van der Waals surface area contributed by atoms with Crippen LogP contribution in [0, 0.1) is 5.41 Å². The lowest BCUT2D eigenvalue weighted by atomic mass is 9.86. The third-order valence-corrected chi connectivity index (χ3v) is 14.7. The molecule has 14 heteroatoms. The Kier molecular flexibility index (Phi) is 10.1.